The number of benzene rings is 2. The molecule has 0 aliphatic carbocycles. The monoisotopic (exact) mass is 279 g/mol. The molecule has 0 bridgehead atoms. The molecule has 2 aromatic rings. The van der Waals surface area contributed by atoms with Gasteiger partial charge in [-0.2, -0.15) is 5.26 Å². The van der Waals surface area contributed by atoms with Crippen molar-refractivity contribution in [2.24, 2.45) is 0 Å². The summed E-state index contributed by atoms with van der Waals surface area (Å²) in [5, 5.41) is 8.57. The van der Waals surface area contributed by atoms with Crippen molar-refractivity contribution in [3.05, 3.63) is 53.3 Å². The molecule has 102 valence electrons. The van der Waals surface area contributed by atoms with Gasteiger partial charge in [-0.25, -0.2) is 13.2 Å². The topological polar surface area (TPSA) is 42.2 Å². The summed E-state index contributed by atoms with van der Waals surface area (Å²) >= 11 is 0. The normalized spacial score (nSPS) is 9.95. The van der Waals surface area contributed by atoms with Gasteiger partial charge in [-0.15, -0.1) is 0 Å². The van der Waals surface area contributed by atoms with Crippen LogP contribution in [0.3, 0.4) is 0 Å². The highest BCUT2D eigenvalue weighted by atomic mass is 19.1. The molecule has 2 aromatic carbocycles. The van der Waals surface area contributed by atoms with Crippen LogP contribution >= 0.6 is 0 Å². The van der Waals surface area contributed by atoms with Crippen molar-refractivity contribution in [1.29, 1.82) is 5.26 Å². The minimum atomic E-state index is -0.936. The van der Waals surface area contributed by atoms with Crippen LogP contribution in [0, 0.1) is 28.8 Å². The van der Waals surface area contributed by atoms with Gasteiger partial charge >= 0.3 is 0 Å². The van der Waals surface area contributed by atoms with E-state index in [0.717, 1.165) is 18.2 Å². The molecule has 0 atom stereocenters. The van der Waals surface area contributed by atoms with Gasteiger partial charge in [0.25, 0.3) is 0 Å². The number of hydrogen-bond acceptors (Lipinski definition) is 3. The summed E-state index contributed by atoms with van der Waals surface area (Å²) in [4.78, 5) is 0. The van der Waals surface area contributed by atoms with Crippen molar-refractivity contribution in [1.82, 2.24) is 0 Å². The number of ether oxygens (including phenoxy) is 2. The lowest BCUT2D eigenvalue weighted by Crippen LogP contribution is -1.95. The Labute approximate surface area is 112 Å². The first-order valence-corrected chi connectivity index (χ1v) is 5.45. The lowest BCUT2D eigenvalue weighted by Gasteiger charge is -2.11. The second kappa shape index (κ2) is 5.53. The predicted molar refractivity (Wildman–Crippen MR) is 64.1 cm³/mol. The molecule has 0 aromatic heterocycles. The summed E-state index contributed by atoms with van der Waals surface area (Å²) in [5.41, 5.74) is -0.443. The number of nitrogens with zero attached hydrogens (tertiary/aromatic N) is 1. The zero-order valence-electron chi connectivity index (χ0n) is 10.3. The highest BCUT2D eigenvalue weighted by Crippen LogP contribution is 2.34. The molecule has 0 spiro atoms. The molecule has 20 heavy (non-hydrogen) atoms. The van der Waals surface area contributed by atoms with Crippen molar-refractivity contribution in [3.8, 4) is 23.3 Å². The third kappa shape index (κ3) is 2.67. The zero-order chi connectivity index (χ0) is 14.7. The fraction of sp³-hybridized carbons (Fsp3) is 0.0714. The Kier molecular flexibility index (Phi) is 3.80. The van der Waals surface area contributed by atoms with Gasteiger partial charge in [0.1, 0.15) is 17.7 Å². The Morgan fingerprint density at radius 2 is 1.70 bits per heavy atom. The Hall–Kier alpha value is -2.68. The fourth-order valence-electron chi connectivity index (χ4n) is 1.54. The van der Waals surface area contributed by atoms with E-state index in [-0.39, 0.29) is 11.5 Å². The van der Waals surface area contributed by atoms with Crippen molar-refractivity contribution in [3.63, 3.8) is 0 Å². The molecule has 2 rings (SSSR count). The van der Waals surface area contributed by atoms with Gasteiger partial charge in [0.05, 0.1) is 12.7 Å². The van der Waals surface area contributed by atoms with Gasteiger partial charge < -0.3 is 9.47 Å². The second-order valence-corrected chi connectivity index (χ2v) is 3.77. The molecular formula is C14H8F3NO2. The molecule has 3 nitrogen and oxygen atoms in total. The number of hydrogen-bond donors (Lipinski definition) is 0. The number of rotatable bonds is 3. The van der Waals surface area contributed by atoms with Crippen molar-refractivity contribution < 1.29 is 22.6 Å². The summed E-state index contributed by atoms with van der Waals surface area (Å²) in [5.74, 6) is -2.89. The minimum Gasteiger partial charge on any atom is -0.493 e. The molecule has 0 aliphatic rings. The maximum atomic E-state index is 13.7. The molecule has 6 heteroatoms. The standard InChI is InChI=1S/C14H8F3NO2/c1-19-12-3-2-9(15)5-14(12)20-13-6-10(16)8(7-18)4-11(13)17/h2-6H,1H3. The third-order valence-corrected chi connectivity index (χ3v) is 2.49. The van der Waals surface area contributed by atoms with Crippen LogP contribution in [0.15, 0.2) is 30.3 Å². The third-order valence-electron chi connectivity index (χ3n) is 2.49. The Morgan fingerprint density at radius 1 is 0.950 bits per heavy atom. The summed E-state index contributed by atoms with van der Waals surface area (Å²) in [6.45, 7) is 0. The Bertz CT molecular complexity index is 696. The molecule has 0 saturated carbocycles. The maximum Gasteiger partial charge on any atom is 0.172 e. The first-order chi connectivity index (χ1) is 9.55. The molecular weight excluding hydrogens is 271 g/mol. The molecule has 0 fully saturated rings. The van der Waals surface area contributed by atoms with E-state index in [1.165, 1.54) is 19.2 Å². The number of methoxy groups -OCH3 is 1. The molecule has 0 heterocycles. The maximum absolute atomic E-state index is 13.7. The largest absolute Gasteiger partial charge is 0.493 e. The lowest BCUT2D eigenvalue weighted by atomic mass is 10.2. The smallest absolute Gasteiger partial charge is 0.172 e. The zero-order valence-corrected chi connectivity index (χ0v) is 10.3. The van der Waals surface area contributed by atoms with E-state index in [0.29, 0.717) is 6.07 Å². The van der Waals surface area contributed by atoms with Crippen LogP contribution in [0.25, 0.3) is 0 Å². The van der Waals surface area contributed by atoms with E-state index in [2.05, 4.69) is 0 Å². The second-order valence-electron chi connectivity index (χ2n) is 3.77. The summed E-state index contributed by atoms with van der Waals surface area (Å²) in [6, 6.07) is 6.34. The van der Waals surface area contributed by atoms with Gasteiger partial charge in [0.2, 0.25) is 0 Å². The summed E-state index contributed by atoms with van der Waals surface area (Å²) in [7, 11) is 1.33. The Balaban J connectivity index is 2.43. The van der Waals surface area contributed by atoms with E-state index < -0.39 is 28.8 Å². The van der Waals surface area contributed by atoms with Gasteiger partial charge in [0, 0.05) is 12.1 Å². The quantitative estimate of drug-likeness (QED) is 0.858. The fourth-order valence-corrected chi connectivity index (χ4v) is 1.54. The van der Waals surface area contributed by atoms with Crippen LogP contribution < -0.4 is 9.47 Å². The lowest BCUT2D eigenvalue weighted by molar-refractivity contribution is 0.367. The average Bonchev–Trinajstić information content (AvgIpc) is 2.42. The first-order valence-electron chi connectivity index (χ1n) is 5.45. The van der Waals surface area contributed by atoms with Gasteiger partial charge in [-0.05, 0) is 18.2 Å². The van der Waals surface area contributed by atoms with Gasteiger partial charge in [-0.3, -0.25) is 0 Å². The summed E-state index contributed by atoms with van der Waals surface area (Å²) < 4.78 is 50.3. The van der Waals surface area contributed by atoms with Crippen LogP contribution in [-0.4, -0.2) is 7.11 Å². The molecule has 0 saturated heterocycles. The van der Waals surface area contributed by atoms with Gasteiger partial charge in [0.15, 0.2) is 23.1 Å². The number of nitriles is 1. The Morgan fingerprint density at radius 3 is 2.35 bits per heavy atom. The van der Waals surface area contributed by atoms with Crippen LogP contribution in [0.2, 0.25) is 0 Å². The molecule has 0 N–H and O–H groups in total. The van der Waals surface area contributed by atoms with Crippen LogP contribution in [0.4, 0.5) is 13.2 Å². The van der Waals surface area contributed by atoms with Gasteiger partial charge in [-0.1, -0.05) is 0 Å². The molecule has 0 aliphatic heterocycles. The molecule has 0 unspecified atom stereocenters. The van der Waals surface area contributed by atoms with Crippen molar-refractivity contribution >= 4 is 0 Å². The molecule has 0 amide bonds. The predicted octanol–water partition coefficient (Wildman–Crippen LogP) is 3.78. The van der Waals surface area contributed by atoms with Crippen LogP contribution in [-0.2, 0) is 0 Å². The van der Waals surface area contributed by atoms with E-state index in [1.54, 1.807) is 0 Å². The van der Waals surface area contributed by atoms with E-state index in [4.69, 9.17) is 14.7 Å². The highest BCUT2D eigenvalue weighted by molar-refractivity contribution is 5.45. The highest BCUT2D eigenvalue weighted by Gasteiger charge is 2.14. The SMILES string of the molecule is COc1ccc(F)cc1Oc1cc(F)c(C#N)cc1F. The summed E-state index contributed by atoms with van der Waals surface area (Å²) in [6.07, 6.45) is 0. The van der Waals surface area contributed by atoms with E-state index in [1.807, 2.05) is 0 Å². The first kappa shape index (κ1) is 13.7. The van der Waals surface area contributed by atoms with Crippen molar-refractivity contribution in [2.75, 3.05) is 7.11 Å². The average molecular weight is 279 g/mol. The van der Waals surface area contributed by atoms with Crippen LogP contribution in [0.1, 0.15) is 5.56 Å². The number of halogens is 3. The molecule has 0 radical (unpaired) electrons. The van der Waals surface area contributed by atoms with Crippen molar-refractivity contribution in [2.45, 2.75) is 0 Å². The van der Waals surface area contributed by atoms with E-state index in [9.17, 15) is 13.2 Å². The van der Waals surface area contributed by atoms with Crippen LogP contribution in [0.5, 0.6) is 17.2 Å². The minimum absolute atomic E-state index is 0.101. The van der Waals surface area contributed by atoms with E-state index >= 15 is 0 Å².